The summed E-state index contributed by atoms with van der Waals surface area (Å²) in [5.41, 5.74) is 7.41. The highest BCUT2D eigenvalue weighted by atomic mass is 35.5. The van der Waals surface area contributed by atoms with Gasteiger partial charge in [0, 0.05) is 5.39 Å². The van der Waals surface area contributed by atoms with Crippen LogP contribution < -0.4 is 0 Å². The minimum absolute atomic E-state index is 0.215. The Morgan fingerprint density at radius 3 is 2.39 bits per heavy atom. The van der Waals surface area contributed by atoms with Gasteiger partial charge in [-0.05, 0) is 58.0 Å². The Hall–Kier alpha value is -3.63. The summed E-state index contributed by atoms with van der Waals surface area (Å²) in [6.07, 6.45) is 4.13. The molecule has 0 aliphatic carbocycles. The zero-order chi connectivity index (χ0) is 21.8. The number of benzene rings is 3. The van der Waals surface area contributed by atoms with E-state index in [1.165, 1.54) is 17.2 Å². The van der Waals surface area contributed by atoms with Gasteiger partial charge in [-0.1, -0.05) is 79.2 Å². The second-order valence-electron chi connectivity index (χ2n) is 7.16. The second kappa shape index (κ2) is 9.02. The van der Waals surface area contributed by atoms with Crippen molar-refractivity contribution in [2.45, 2.75) is 13.3 Å². The Kier molecular flexibility index (Phi) is 6.01. The minimum Gasteiger partial charge on any atom is -0.477 e. The summed E-state index contributed by atoms with van der Waals surface area (Å²) >= 11 is 5.79. The van der Waals surface area contributed by atoms with Gasteiger partial charge in [0.2, 0.25) is 0 Å². The molecule has 0 aliphatic rings. The molecule has 0 fully saturated rings. The third-order valence-corrected chi connectivity index (χ3v) is 5.47. The number of aromatic amines is 1. The van der Waals surface area contributed by atoms with Crippen molar-refractivity contribution < 1.29 is 9.90 Å². The molecule has 0 atom stereocenters. The number of fused-ring (bicyclic) bond motifs is 1. The first kappa shape index (κ1) is 20.6. The zero-order valence-electron chi connectivity index (χ0n) is 17.0. The molecule has 1 aromatic heterocycles. The lowest BCUT2D eigenvalue weighted by Crippen LogP contribution is -1.96. The average molecular weight is 429 g/mol. The van der Waals surface area contributed by atoms with Crippen LogP contribution in [0.5, 0.6) is 0 Å². The highest BCUT2D eigenvalue weighted by molar-refractivity contribution is 6.42. The summed E-state index contributed by atoms with van der Waals surface area (Å²) in [4.78, 5) is 11.0. The van der Waals surface area contributed by atoms with E-state index in [0.717, 1.165) is 39.6 Å². The second-order valence-corrected chi connectivity index (χ2v) is 7.57. The summed E-state index contributed by atoms with van der Waals surface area (Å²) in [7, 11) is 0. The smallest absolute Gasteiger partial charge is 0.347 e. The fourth-order valence-corrected chi connectivity index (χ4v) is 3.86. The Bertz CT molecular complexity index is 1290. The average Bonchev–Trinajstić information content (AvgIpc) is 3.26. The molecule has 1 heterocycles. The van der Waals surface area contributed by atoms with Gasteiger partial charge in [0.05, 0.1) is 11.7 Å². The predicted molar refractivity (Wildman–Crippen MR) is 127 cm³/mol. The van der Waals surface area contributed by atoms with E-state index in [2.05, 4.69) is 41.4 Å². The largest absolute Gasteiger partial charge is 0.477 e. The highest BCUT2D eigenvalue weighted by Gasteiger charge is 2.14. The first-order valence-electron chi connectivity index (χ1n) is 10.00. The molecule has 0 aliphatic heterocycles. The zero-order valence-corrected chi connectivity index (χ0v) is 17.7. The van der Waals surface area contributed by atoms with Crippen molar-refractivity contribution in [2.24, 2.45) is 0 Å². The van der Waals surface area contributed by atoms with E-state index in [4.69, 9.17) is 16.7 Å². The van der Waals surface area contributed by atoms with E-state index >= 15 is 0 Å². The quantitative estimate of drug-likeness (QED) is 0.268. The van der Waals surface area contributed by atoms with Crippen molar-refractivity contribution in [1.82, 2.24) is 10.2 Å². The first-order chi connectivity index (χ1) is 15.1. The van der Waals surface area contributed by atoms with E-state index in [0.29, 0.717) is 0 Å². The van der Waals surface area contributed by atoms with Gasteiger partial charge in [-0.25, -0.2) is 4.79 Å². The van der Waals surface area contributed by atoms with Gasteiger partial charge in [-0.3, -0.25) is 5.10 Å². The molecule has 0 unspecified atom stereocenters. The van der Waals surface area contributed by atoms with Gasteiger partial charge in [0.1, 0.15) is 5.03 Å². The molecule has 0 saturated heterocycles. The summed E-state index contributed by atoms with van der Waals surface area (Å²) in [6.45, 7) is 2.16. The summed E-state index contributed by atoms with van der Waals surface area (Å²) < 4.78 is 0. The van der Waals surface area contributed by atoms with Crippen molar-refractivity contribution in [2.75, 3.05) is 0 Å². The van der Waals surface area contributed by atoms with Crippen LogP contribution in [-0.4, -0.2) is 21.3 Å². The highest BCUT2D eigenvalue weighted by Crippen LogP contribution is 2.35. The number of halogens is 1. The molecule has 0 spiro atoms. The Labute approximate surface area is 185 Å². The van der Waals surface area contributed by atoms with E-state index in [9.17, 15) is 4.79 Å². The van der Waals surface area contributed by atoms with Crippen LogP contribution in [-0.2, 0) is 4.79 Å². The normalized spacial score (nSPS) is 12.6. The molecule has 0 amide bonds. The molecular formula is C26H21ClN2O2. The number of hydrogen-bond donors (Lipinski definition) is 2. The van der Waals surface area contributed by atoms with Gasteiger partial charge < -0.3 is 5.11 Å². The minimum atomic E-state index is -1.14. The maximum absolute atomic E-state index is 11.0. The fourth-order valence-electron chi connectivity index (χ4n) is 3.73. The first-order valence-corrected chi connectivity index (χ1v) is 10.4. The van der Waals surface area contributed by atoms with E-state index in [-0.39, 0.29) is 5.03 Å². The maximum Gasteiger partial charge on any atom is 0.347 e. The molecule has 0 saturated carbocycles. The SMILES string of the molecule is CC/C(=C(/c1ccc(/C=C(\Cl)C(=O)O)cc1)c1ccc2[nH]ncc2c1)c1ccccc1. The third-order valence-electron chi connectivity index (χ3n) is 5.20. The number of carboxylic acid groups (broad SMARTS) is 1. The molecule has 31 heavy (non-hydrogen) atoms. The molecular weight excluding hydrogens is 408 g/mol. The lowest BCUT2D eigenvalue weighted by molar-refractivity contribution is -0.131. The monoisotopic (exact) mass is 428 g/mol. The van der Waals surface area contributed by atoms with Crippen LogP contribution in [0, 0.1) is 0 Å². The number of carbonyl (C=O) groups is 1. The maximum atomic E-state index is 11.0. The lowest BCUT2D eigenvalue weighted by Gasteiger charge is -2.17. The van der Waals surface area contributed by atoms with Crippen LogP contribution in [0.3, 0.4) is 0 Å². The predicted octanol–water partition coefficient (Wildman–Crippen LogP) is 6.60. The van der Waals surface area contributed by atoms with Crippen LogP contribution in [0.15, 0.2) is 84.0 Å². The van der Waals surface area contributed by atoms with Gasteiger partial charge in [-0.2, -0.15) is 5.10 Å². The Morgan fingerprint density at radius 2 is 1.71 bits per heavy atom. The number of rotatable bonds is 6. The van der Waals surface area contributed by atoms with E-state index in [1.807, 2.05) is 54.7 Å². The van der Waals surface area contributed by atoms with Crippen molar-refractivity contribution in [3.05, 3.63) is 106 Å². The third kappa shape index (κ3) is 4.44. The molecule has 3 aromatic carbocycles. The van der Waals surface area contributed by atoms with Crippen LogP contribution in [0.2, 0.25) is 0 Å². The van der Waals surface area contributed by atoms with Crippen LogP contribution in [0.1, 0.15) is 35.6 Å². The summed E-state index contributed by atoms with van der Waals surface area (Å²) in [5, 5.41) is 17.0. The number of carboxylic acids is 1. The standard InChI is InChI=1S/C26H21ClN2O2/c1-2-22(18-6-4-3-5-7-18)25(20-12-13-24-21(15-20)16-28-29-24)19-10-8-17(9-11-19)14-23(27)26(30)31/h3-16H,2H2,1H3,(H,28,29)(H,30,31)/b23-14-,25-22+. The molecule has 4 rings (SSSR count). The molecule has 4 aromatic rings. The summed E-state index contributed by atoms with van der Waals surface area (Å²) in [5.74, 6) is -1.14. The fraction of sp³-hybridized carbons (Fsp3) is 0.0769. The molecule has 0 bridgehead atoms. The molecule has 4 nitrogen and oxygen atoms in total. The number of aliphatic carboxylic acids is 1. The number of nitrogens with one attached hydrogen (secondary N) is 1. The number of nitrogens with zero attached hydrogens (tertiary/aromatic N) is 1. The van der Waals surface area contributed by atoms with Crippen molar-refractivity contribution in [3.8, 4) is 0 Å². The van der Waals surface area contributed by atoms with Gasteiger partial charge in [0.25, 0.3) is 0 Å². The van der Waals surface area contributed by atoms with Gasteiger partial charge >= 0.3 is 5.97 Å². The molecule has 2 N–H and O–H groups in total. The number of H-pyrrole nitrogens is 1. The topological polar surface area (TPSA) is 66.0 Å². The van der Waals surface area contributed by atoms with Crippen LogP contribution in [0.4, 0.5) is 0 Å². The lowest BCUT2D eigenvalue weighted by atomic mass is 9.87. The van der Waals surface area contributed by atoms with Crippen molar-refractivity contribution in [3.63, 3.8) is 0 Å². The summed E-state index contributed by atoms with van der Waals surface area (Å²) in [6, 6.07) is 24.4. The number of allylic oxidation sites excluding steroid dienone is 1. The molecule has 5 heteroatoms. The Morgan fingerprint density at radius 1 is 1.00 bits per heavy atom. The van der Waals surface area contributed by atoms with Gasteiger partial charge in [-0.15, -0.1) is 0 Å². The number of aromatic nitrogens is 2. The molecule has 0 radical (unpaired) electrons. The van der Waals surface area contributed by atoms with Gasteiger partial charge in [0.15, 0.2) is 0 Å². The van der Waals surface area contributed by atoms with Crippen LogP contribution in [0.25, 0.3) is 28.1 Å². The van der Waals surface area contributed by atoms with Crippen LogP contribution >= 0.6 is 11.6 Å². The number of hydrogen-bond acceptors (Lipinski definition) is 2. The molecule has 154 valence electrons. The van der Waals surface area contributed by atoms with Crippen molar-refractivity contribution >= 4 is 45.7 Å². The van der Waals surface area contributed by atoms with E-state index < -0.39 is 5.97 Å². The Balaban J connectivity index is 1.89. The van der Waals surface area contributed by atoms with Crippen molar-refractivity contribution in [1.29, 1.82) is 0 Å². The van der Waals surface area contributed by atoms with E-state index in [1.54, 1.807) is 0 Å².